The topological polar surface area (TPSA) is 127 Å². The maximum atomic E-state index is 13.3. The van der Waals surface area contributed by atoms with Crippen LogP contribution in [0.25, 0.3) is 11.8 Å². The smallest absolute Gasteiger partial charge is 0.295 e. The molecule has 228 valence electrons. The first-order chi connectivity index (χ1) is 21.7. The van der Waals surface area contributed by atoms with Crippen molar-refractivity contribution in [2.75, 3.05) is 10.6 Å². The molecule has 0 radical (unpaired) electrons. The minimum atomic E-state index is -0.570. The van der Waals surface area contributed by atoms with Gasteiger partial charge < -0.3 is 20.4 Å². The first-order valence-corrected chi connectivity index (χ1v) is 14.9. The third-order valence-electron chi connectivity index (χ3n) is 6.93. The zero-order valence-electron chi connectivity index (χ0n) is 24.8. The van der Waals surface area contributed by atoms with E-state index in [0.717, 1.165) is 0 Å². The van der Waals surface area contributed by atoms with Crippen LogP contribution < -0.4 is 21.5 Å². The van der Waals surface area contributed by atoms with Gasteiger partial charge in [-0.25, -0.2) is 4.68 Å². The third-order valence-corrected chi connectivity index (χ3v) is 8.03. The molecule has 1 atom stereocenters. The number of nitrogens with one attached hydrogen (secondary N) is 3. The summed E-state index contributed by atoms with van der Waals surface area (Å²) < 4.78 is 8.56. The van der Waals surface area contributed by atoms with Gasteiger partial charge in [0, 0.05) is 29.3 Å². The van der Waals surface area contributed by atoms with Crippen LogP contribution in [0.3, 0.4) is 0 Å². The highest BCUT2D eigenvalue weighted by Gasteiger charge is 2.22. The van der Waals surface area contributed by atoms with Crippen molar-refractivity contribution in [2.24, 2.45) is 7.05 Å². The molecule has 0 bridgehead atoms. The van der Waals surface area contributed by atoms with Crippen molar-refractivity contribution in [3.8, 4) is 5.69 Å². The zero-order valence-corrected chi connectivity index (χ0v) is 25.6. The number of nitrogens with zero attached hydrogens (tertiary/aromatic N) is 2. The van der Waals surface area contributed by atoms with Crippen molar-refractivity contribution in [1.29, 1.82) is 0 Å². The predicted molar refractivity (Wildman–Crippen MR) is 175 cm³/mol. The molecule has 3 aromatic carbocycles. The molecule has 0 saturated heterocycles. The second-order valence-electron chi connectivity index (χ2n) is 10.1. The lowest BCUT2D eigenvalue weighted by Gasteiger charge is -2.14. The van der Waals surface area contributed by atoms with Crippen LogP contribution in [0.15, 0.2) is 123 Å². The Morgan fingerprint density at radius 3 is 2.29 bits per heavy atom. The van der Waals surface area contributed by atoms with E-state index in [-0.39, 0.29) is 22.9 Å². The van der Waals surface area contributed by atoms with Crippen molar-refractivity contribution in [2.45, 2.75) is 24.0 Å². The SMILES string of the molecule is Cc1c(NC(=O)C(C)Sc2cccc(NC(=O)/C(=C/c3ccco3)NC(=O)c3ccccc3)c2)c(=O)n(-c2ccccc2)n1C. The molecule has 3 N–H and O–H groups in total. The van der Waals surface area contributed by atoms with Gasteiger partial charge in [-0.05, 0) is 68.4 Å². The molecule has 2 heterocycles. The summed E-state index contributed by atoms with van der Waals surface area (Å²) in [5.74, 6) is -0.954. The Morgan fingerprint density at radius 2 is 1.60 bits per heavy atom. The molecule has 11 heteroatoms. The highest BCUT2D eigenvalue weighted by Crippen LogP contribution is 2.27. The molecule has 0 spiro atoms. The summed E-state index contributed by atoms with van der Waals surface area (Å²) in [7, 11) is 1.76. The van der Waals surface area contributed by atoms with Crippen LogP contribution in [-0.4, -0.2) is 32.3 Å². The van der Waals surface area contributed by atoms with Crippen LogP contribution in [0.1, 0.15) is 28.7 Å². The molecule has 3 amide bonds. The van der Waals surface area contributed by atoms with Gasteiger partial charge in [0.1, 0.15) is 17.1 Å². The van der Waals surface area contributed by atoms with Crippen molar-refractivity contribution in [1.82, 2.24) is 14.7 Å². The monoisotopic (exact) mass is 621 g/mol. The number of carbonyl (C=O) groups is 3. The molecule has 0 aliphatic heterocycles. The standard InChI is InChI=1S/C34H31N5O5S/c1-22-30(34(43)39(38(22)3)26-15-8-5-9-16-26)37-31(40)23(2)45-28-18-10-14-25(20-28)35-33(42)29(21-27-17-11-19-44-27)36-32(41)24-12-6-4-7-13-24/h4-21,23H,1-3H3,(H,35,42)(H,36,41)(H,37,40)/b29-21-. The Morgan fingerprint density at radius 1 is 0.889 bits per heavy atom. The van der Waals surface area contributed by atoms with E-state index in [4.69, 9.17) is 4.42 Å². The number of para-hydroxylation sites is 1. The number of benzene rings is 3. The van der Waals surface area contributed by atoms with E-state index in [9.17, 15) is 19.2 Å². The second kappa shape index (κ2) is 13.8. The van der Waals surface area contributed by atoms with E-state index >= 15 is 0 Å². The summed E-state index contributed by atoms with van der Waals surface area (Å²) >= 11 is 1.27. The molecular formula is C34H31N5O5S. The Kier molecular flexibility index (Phi) is 9.49. The maximum absolute atomic E-state index is 13.3. The summed E-state index contributed by atoms with van der Waals surface area (Å²) in [4.78, 5) is 53.2. The lowest BCUT2D eigenvalue weighted by atomic mass is 10.2. The van der Waals surface area contributed by atoms with Gasteiger partial charge in [0.15, 0.2) is 0 Å². The first-order valence-electron chi connectivity index (χ1n) is 14.1. The average Bonchev–Trinajstić information content (AvgIpc) is 3.63. The fourth-order valence-corrected chi connectivity index (χ4v) is 5.42. The van der Waals surface area contributed by atoms with Crippen LogP contribution >= 0.6 is 11.8 Å². The molecule has 5 rings (SSSR count). The van der Waals surface area contributed by atoms with Crippen LogP contribution in [0.4, 0.5) is 11.4 Å². The van der Waals surface area contributed by atoms with Gasteiger partial charge in [0.05, 0.1) is 22.9 Å². The number of hydrogen-bond donors (Lipinski definition) is 3. The number of amides is 3. The van der Waals surface area contributed by atoms with Crippen molar-refractivity contribution in [3.63, 3.8) is 0 Å². The highest BCUT2D eigenvalue weighted by atomic mass is 32.2. The Hall–Kier alpha value is -5.55. The number of anilines is 2. The summed E-state index contributed by atoms with van der Waals surface area (Å²) in [5.41, 5.74) is 2.05. The van der Waals surface area contributed by atoms with Gasteiger partial charge in [-0.3, -0.25) is 23.9 Å². The van der Waals surface area contributed by atoms with Crippen LogP contribution in [-0.2, 0) is 16.6 Å². The molecule has 0 aliphatic carbocycles. The highest BCUT2D eigenvalue weighted by molar-refractivity contribution is 8.00. The van der Waals surface area contributed by atoms with Crippen LogP contribution in [0.5, 0.6) is 0 Å². The summed E-state index contributed by atoms with van der Waals surface area (Å²) in [6.45, 7) is 3.51. The predicted octanol–water partition coefficient (Wildman–Crippen LogP) is 5.61. The quantitative estimate of drug-likeness (QED) is 0.138. The van der Waals surface area contributed by atoms with E-state index in [1.54, 1.807) is 86.2 Å². The van der Waals surface area contributed by atoms with Crippen LogP contribution in [0, 0.1) is 6.92 Å². The van der Waals surface area contributed by atoms with Gasteiger partial charge in [0.2, 0.25) is 5.91 Å². The number of furan rings is 1. The minimum Gasteiger partial charge on any atom is -0.465 e. The molecule has 0 aliphatic rings. The lowest BCUT2D eigenvalue weighted by Crippen LogP contribution is -2.30. The van der Waals surface area contributed by atoms with Gasteiger partial charge in [-0.1, -0.05) is 42.5 Å². The summed E-state index contributed by atoms with van der Waals surface area (Å²) in [6.07, 6.45) is 2.91. The van der Waals surface area contributed by atoms with Crippen LogP contribution in [0.2, 0.25) is 0 Å². The van der Waals surface area contributed by atoms with Gasteiger partial charge in [-0.2, -0.15) is 0 Å². The number of aromatic nitrogens is 2. The number of carbonyl (C=O) groups excluding carboxylic acids is 3. The summed E-state index contributed by atoms with van der Waals surface area (Å²) in [6, 6.07) is 28.1. The molecule has 2 aromatic heterocycles. The molecule has 10 nitrogen and oxygen atoms in total. The van der Waals surface area contributed by atoms with E-state index in [2.05, 4.69) is 16.0 Å². The molecule has 1 unspecified atom stereocenters. The first kappa shape index (κ1) is 30.9. The second-order valence-corrected chi connectivity index (χ2v) is 11.5. The minimum absolute atomic E-state index is 0.0102. The number of thioether (sulfide) groups is 1. The van der Waals surface area contributed by atoms with Gasteiger partial charge in [0.25, 0.3) is 17.4 Å². The average molecular weight is 622 g/mol. The summed E-state index contributed by atoms with van der Waals surface area (Å²) in [5, 5.41) is 7.71. The lowest BCUT2D eigenvalue weighted by molar-refractivity contribution is -0.115. The van der Waals surface area contributed by atoms with E-state index in [0.29, 0.717) is 33.3 Å². The van der Waals surface area contributed by atoms with Gasteiger partial charge in [-0.15, -0.1) is 11.8 Å². The molecular weight excluding hydrogens is 590 g/mol. The van der Waals surface area contributed by atoms with E-state index < -0.39 is 17.1 Å². The molecule has 0 saturated carbocycles. The van der Waals surface area contributed by atoms with Gasteiger partial charge >= 0.3 is 0 Å². The fraction of sp³-hybridized carbons (Fsp3) is 0.118. The normalized spacial score (nSPS) is 11.9. The Bertz CT molecular complexity index is 1910. The maximum Gasteiger partial charge on any atom is 0.295 e. The van der Waals surface area contributed by atoms with E-state index in [1.165, 1.54) is 28.8 Å². The number of rotatable bonds is 10. The molecule has 0 fully saturated rings. The Balaban J connectivity index is 1.28. The Labute approximate surface area is 263 Å². The third kappa shape index (κ3) is 7.34. The number of hydrogen-bond acceptors (Lipinski definition) is 6. The zero-order chi connectivity index (χ0) is 31.9. The van der Waals surface area contributed by atoms with E-state index in [1.807, 2.05) is 36.4 Å². The molecule has 5 aromatic rings. The fourth-order valence-electron chi connectivity index (χ4n) is 4.50. The molecule has 45 heavy (non-hydrogen) atoms. The van der Waals surface area contributed by atoms with Crippen molar-refractivity contribution in [3.05, 3.63) is 136 Å². The van der Waals surface area contributed by atoms with Crippen molar-refractivity contribution < 1.29 is 18.8 Å². The largest absolute Gasteiger partial charge is 0.465 e. The van der Waals surface area contributed by atoms with Crippen molar-refractivity contribution >= 4 is 46.9 Å².